The second-order valence-electron chi connectivity index (χ2n) is 4.76. The van der Waals surface area contributed by atoms with Crippen LogP contribution in [-0.4, -0.2) is 17.6 Å². The van der Waals surface area contributed by atoms with Gasteiger partial charge in [-0.25, -0.2) is 0 Å². The van der Waals surface area contributed by atoms with Crippen molar-refractivity contribution >= 4 is 16.6 Å². The number of fused-ring (bicyclic) bond motifs is 1. The minimum Gasteiger partial charge on any atom is -0.383 e. The smallest absolute Gasteiger partial charge is 0.0722 e. The number of benzene rings is 1. The predicted molar refractivity (Wildman–Crippen MR) is 70.9 cm³/mol. The molecule has 17 heavy (non-hydrogen) atoms. The molecule has 1 aromatic heterocycles. The van der Waals surface area contributed by atoms with Gasteiger partial charge in [0.05, 0.1) is 5.52 Å². The van der Waals surface area contributed by atoms with Crippen LogP contribution in [0.5, 0.6) is 0 Å². The van der Waals surface area contributed by atoms with E-state index in [1.54, 1.807) is 0 Å². The minimum atomic E-state index is 0.280. The van der Waals surface area contributed by atoms with Gasteiger partial charge in [-0.3, -0.25) is 4.98 Å². The number of hydrogen-bond donors (Lipinski definition) is 2. The summed E-state index contributed by atoms with van der Waals surface area (Å²) in [6, 6.07) is 10.5. The summed E-state index contributed by atoms with van der Waals surface area (Å²) >= 11 is 0. The number of nitrogens with two attached hydrogens (primary N) is 1. The van der Waals surface area contributed by atoms with E-state index in [1.165, 1.54) is 12.8 Å². The molecular formula is C14H17N3. The first-order chi connectivity index (χ1) is 8.34. The summed E-state index contributed by atoms with van der Waals surface area (Å²) in [5.41, 5.74) is 8.25. The lowest BCUT2D eigenvalue weighted by molar-refractivity contribution is 0.621. The molecule has 1 unspecified atom stereocenters. The fraction of sp³-hybridized carbons (Fsp3) is 0.357. The maximum absolute atomic E-state index is 6.09. The lowest BCUT2D eigenvalue weighted by atomic mass is 10.1. The topological polar surface area (TPSA) is 50.9 Å². The highest BCUT2D eigenvalue weighted by atomic mass is 14.9. The molecule has 3 N–H and O–H groups in total. The molecule has 1 saturated carbocycles. The number of rotatable bonds is 4. The number of pyridine rings is 1. The fourth-order valence-corrected chi connectivity index (χ4v) is 2.17. The fourth-order valence-electron chi connectivity index (χ4n) is 2.17. The zero-order valence-corrected chi connectivity index (χ0v) is 9.76. The molecule has 0 radical (unpaired) electrons. The summed E-state index contributed by atoms with van der Waals surface area (Å²) in [5, 5.41) is 4.61. The van der Waals surface area contributed by atoms with E-state index in [0.717, 1.165) is 29.1 Å². The maximum Gasteiger partial charge on any atom is 0.0722 e. The van der Waals surface area contributed by atoms with Crippen LogP contribution in [0.2, 0.25) is 0 Å². The summed E-state index contributed by atoms with van der Waals surface area (Å²) in [4.78, 5) is 4.35. The highest BCUT2D eigenvalue weighted by Crippen LogP contribution is 2.31. The summed E-state index contributed by atoms with van der Waals surface area (Å²) in [6.45, 7) is 0.846. The Balaban J connectivity index is 1.79. The normalized spacial score (nSPS) is 17.0. The van der Waals surface area contributed by atoms with Crippen LogP contribution in [0, 0.1) is 5.92 Å². The Bertz CT molecular complexity index is 514. The van der Waals surface area contributed by atoms with E-state index in [0.29, 0.717) is 0 Å². The van der Waals surface area contributed by atoms with Gasteiger partial charge in [-0.15, -0.1) is 0 Å². The first-order valence-electron chi connectivity index (χ1n) is 6.18. The van der Waals surface area contributed by atoms with Crippen LogP contribution in [-0.2, 0) is 0 Å². The molecule has 1 aliphatic rings. The van der Waals surface area contributed by atoms with Gasteiger partial charge in [0.25, 0.3) is 0 Å². The highest BCUT2D eigenvalue weighted by Gasteiger charge is 2.28. The molecule has 88 valence electrons. The third-order valence-corrected chi connectivity index (χ3v) is 3.40. The molecular weight excluding hydrogens is 210 g/mol. The van der Waals surface area contributed by atoms with Gasteiger partial charge in [0.15, 0.2) is 0 Å². The van der Waals surface area contributed by atoms with Gasteiger partial charge in [0.2, 0.25) is 0 Å². The van der Waals surface area contributed by atoms with Gasteiger partial charge in [0, 0.05) is 29.9 Å². The van der Waals surface area contributed by atoms with Crippen LogP contribution in [0.4, 0.5) is 5.69 Å². The third kappa shape index (κ3) is 2.24. The quantitative estimate of drug-likeness (QED) is 0.843. The Morgan fingerprint density at radius 3 is 2.94 bits per heavy atom. The van der Waals surface area contributed by atoms with Crippen LogP contribution in [0.25, 0.3) is 10.9 Å². The second-order valence-corrected chi connectivity index (χ2v) is 4.76. The summed E-state index contributed by atoms with van der Waals surface area (Å²) in [7, 11) is 0. The molecule has 1 aliphatic carbocycles. The molecule has 0 aliphatic heterocycles. The molecule has 1 heterocycles. The van der Waals surface area contributed by atoms with E-state index in [4.69, 9.17) is 5.73 Å². The van der Waals surface area contributed by atoms with E-state index in [2.05, 4.69) is 16.4 Å². The first-order valence-corrected chi connectivity index (χ1v) is 6.18. The standard InChI is InChI=1S/C14H17N3/c15-12(10-5-6-10)9-17-14-7-8-16-13-4-2-1-3-11(13)14/h1-4,7-8,10,12H,5-6,9,15H2,(H,16,17). The largest absolute Gasteiger partial charge is 0.383 e. The Labute approximate surface area is 101 Å². The molecule has 0 bridgehead atoms. The number of nitrogens with one attached hydrogen (secondary N) is 1. The molecule has 1 aromatic carbocycles. The molecule has 3 nitrogen and oxygen atoms in total. The van der Waals surface area contributed by atoms with Crippen LogP contribution >= 0.6 is 0 Å². The Morgan fingerprint density at radius 1 is 1.29 bits per heavy atom. The highest BCUT2D eigenvalue weighted by molar-refractivity contribution is 5.90. The summed E-state index contributed by atoms with van der Waals surface area (Å²) in [5.74, 6) is 0.732. The zero-order valence-electron chi connectivity index (χ0n) is 9.76. The lowest BCUT2D eigenvalue weighted by Crippen LogP contribution is -2.31. The van der Waals surface area contributed by atoms with Crippen molar-refractivity contribution < 1.29 is 0 Å². The molecule has 0 spiro atoms. The average molecular weight is 227 g/mol. The van der Waals surface area contributed by atoms with Crippen LogP contribution in [0.15, 0.2) is 36.5 Å². The number of nitrogens with zero attached hydrogens (tertiary/aromatic N) is 1. The van der Waals surface area contributed by atoms with E-state index in [-0.39, 0.29) is 6.04 Å². The van der Waals surface area contributed by atoms with E-state index >= 15 is 0 Å². The average Bonchev–Trinajstić information content (AvgIpc) is 3.20. The lowest BCUT2D eigenvalue weighted by Gasteiger charge is -2.14. The van der Waals surface area contributed by atoms with Crippen LogP contribution in [0.3, 0.4) is 0 Å². The first kappa shape index (κ1) is 10.5. The van der Waals surface area contributed by atoms with Gasteiger partial charge in [-0.1, -0.05) is 18.2 Å². The number of hydrogen-bond acceptors (Lipinski definition) is 3. The molecule has 1 fully saturated rings. The number of aromatic nitrogens is 1. The molecule has 3 heteroatoms. The van der Waals surface area contributed by atoms with Crippen molar-refractivity contribution in [3.05, 3.63) is 36.5 Å². The second kappa shape index (κ2) is 4.34. The molecule has 3 rings (SSSR count). The minimum absolute atomic E-state index is 0.280. The van der Waals surface area contributed by atoms with E-state index in [1.807, 2.05) is 30.5 Å². The van der Waals surface area contributed by atoms with Crippen molar-refractivity contribution in [1.82, 2.24) is 4.98 Å². The van der Waals surface area contributed by atoms with Gasteiger partial charge >= 0.3 is 0 Å². The van der Waals surface area contributed by atoms with Crippen molar-refractivity contribution in [2.75, 3.05) is 11.9 Å². The zero-order chi connectivity index (χ0) is 11.7. The van der Waals surface area contributed by atoms with E-state index in [9.17, 15) is 0 Å². The van der Waals surface area contributed by atoms with Crippen molar-refractivity contribution in [2.24, 2.45) is 11.7 Å². The van der Waals surface area contributed by atoms with Crippen molar-refractivity contribution in [1.29, 1.82) is 0 Å². The van der Waals surface area contributed by atoms with Gasteiger partial charge < -0.3 is 11.1 Å². The van der Waals surface area contributed by atoms with E-state index < -0.39 is 0 Å². The molecule has 2 aromatic rings. The Hall–Kier alpha value is -1.61. The predicted octanol–water partition coefficient (Wildman–Crippen LogP) is 2.38. The van der Waals surface area contributed by atoms with Gasteiger partial charge in [-0.05, 0) is 30.9 Å². The maximum atomic E-state index is 6.09. The molecule has 1 atom stereocenters. The van der Waals surface area contributed by atoms with Crippen LogP contribution in [0.1, 0.15) is 12.8 Å². The van der Waals surface area contributed by atoms with Crippen LogP contribution < -0.4 is 11.1 Å². The number of anilines is 1. The van der Waals surface area contributed by atoms with Crippen molar-refractivity contribution in [3.63, 3.8) is 0 Å². The Kier molecular flexibility index (Phi) is 2.69. The summed E-state index contributed by atoms with van der Waals surface area (Å²) < 4.78 is 0. The van der Waals surface area contributed by atoms with Gasteiger partial charge in [0.1, 0.15) is 0 Å². The van der Waals surface area contributed by atoms with Gasteiger partial charge in [-0.2, -0.15) is 0 Å². The molecule has 0 saturated heterocycles. The molecule has 0 amide bonds. The summed E-state index contributed by atoms with van der Waals surface area (Å²) in [6.07, 6.45) is 4.42. The van der Waals surface area contributed by atoms with Crippen molar-refractivity contribution in [3.8, 4) is 0 Å². The Morgan fingerprint density at radius 2 is 2.12 bits per heavy atom. The monoisotopic (exact) mass is 227 g/mol. The number of para-hydroxylation sites is 1. The third-order valence-electron chi connectivity index (χ3n) is 3.40. The van der Waals surface area contributed by atoms with Crippen molar-refractivity contribution in [2.45, 2.75) is 18.9 Å². The SMILES string of the molecule is NC(CNc1ccnc2ccccc12)C1CC1.